The zero-order chi connectivity index (χ0) is 17.3. The molecule has 1 amide bonds. The van der Waals surface area contributed by atoms with Gasteiger partial charge in [0.05, 0.1) is 23.2 Å². The lowest BCUT2D eigenvalue weighted by molar-refractivity contribution is -0.133. The molecule has 24 heavy (non-hydrogen) atoms. The Kier molecular flexibility index (Phi) is 4.53. The maximum absolute atomic E-state index is 12.5. The molecule has 2 aromatic rings. The van der Waals surface area contributed by atoms with Crippen LogP contribution in [0.4, 0.5) is 0 Å². The van der Waals surface area contributed by atoms with E-state index in [1.54, 1.807) is 23.2 Å². The van der Waals surface area contributed by atoms with Crippen molar-refractivity contribution in [3.05, 3.63) is 53.1 Å². The molecule has 126 valence electrons. The van der Waals surface area contributed by atoms with E-state index in [2.05, 4.69) is 14.7 Å². The van der Waals surface area contributed by atoms with Crippen LogP contribution < -0.4 is 4.72 Å². The molecule has 2 heterocycles. The number of hydrogen-bond donors (Lipinski definition) is 1. The number of nitrogens with one attached hydrogen (secondary N) is 1. The number of nitrogens with zero attached hydrogens (tertiary/aromatic N) is 3. The molecule has 1 atom stereocenters. The third-order valence-electron chi connectivity index (χ3n) is 3.70. The molecule has 1 aliphatic heterocycles. The third kappa shape index (κ3) is 3.40. The van der Waals surface area contributed by atoms with Gasteiger partial charge in [0.15, 0.2) is 0 Å². The van der Waals surface area contributed by atoms with E-state index in [9.17, 15) is 13.2 Å². The van der Waals surface area contributed by atoms with Crippen molar-refractivity contribution in [3.63, 3.8) is 0 Å². The summed E-state index contributed by atoms with van der Waals surface area (Å²) in [6, 6.07) is 4.97. The molecule has 1 unspecified atom stereocenters. The Morgan fingerprint density at radius 2 is 2.17 bits per heavy atom. The van der Waals surface area contributed by atoms with Gasteiger partial charge < -0.3 is 4.90 Å². The number of sulfonamides is 1. The molecule has 1 aromatic heterocycles. The van der Waals surface area contributed by atoms with E-state index in [1.165, 1.54) is 25.4 Å². The van der Waals surface area contributed by atoms with Crippen LogP contribution in [0.3, 0.4) is 0 Å². The zero-order valence-corrected chi connectivity index (χ0v) is 14.4. The van der Waals surface area contributed by atoms with E-state index >= 15 is 0 Å². The SMILES string of the molecule is CC(NS(=O)(=O)c1cccc(Cl)c1)C(=O)N1Cc2cncnc2C1. The normalized spacial score (nSPS) is 15.2. The molecular weight excluding hydrogens is 352 g/mol. The van der Waals surface area contributed by atoms with E-state index in [-0.39, 0.29) is 10.8 Å². The molecule has 9 heteroatoms. The van der Waals surface area contributed by atoms with Crippen molar-refractivity contribution < 1.29 is 13.2 Å². The van der Waals surface area contributed by atoms with Crippen molar-refractivity contribution in [1.29, 1.82) is 0 Å². The Bertz CT molecular complexity index is 863. The van der Waals surface area contributed by atoms with Crippen LogP contribution in [-0.4, -0.2) is 35.2 Å². The first-order valence-electron chi connectivity index (χ1n) is 7.21. The third-order valence-corrected chi connectivity index (χ3v) is 5.48. The molecule has 0 bridgehead atoms. The van der Waals surface area contributed by atoms with Gasteiger partial charge in [-0.15, -0.1) is 0 Å². The standard InChI is InChI=1S/C15H15ClN4O3S/c1-10(19-24(22,23)13-4-2-3-12(16)5-13)15(21)20-7-11-6-17-9-18-14(11)8-20/h2-6,9-10,19H,7-8H2,1H3. The number of amides is 1. The van der Waals surface area contributed by atoms with Gasteiger partial charge in [0.2, 0.25) is 15.9 Å². The second kappa shape index (κ2) is 6.46. The summed E-state index contributed by atoms with van der Waals surface area (Å²) in [5.74, 6) is -0.321. The molecule has 1 N–H and O–H groups in total. The van der Waals surface area contributed by atoms with Crippen LogP contribution in [0.2, 0.25) is 5.02 Å². The average Bonchev–Trinajstić information content (AvgIpc) is 2.97. The number of rotatable bonds is 4. The molecule has 0 saturated carbocycles. The molecule has 0 saturated heterocycles. The number of aromatic nitrogens is 2. The van der Waals surface area contributed by atoms with Gasteiger partial charge in [0.1, 0.15) is 6.33 Å². The van der Waals surface area contributed by atoms with Crippen LogP contribution >= 0.6 is 11.6 Å². The summed E-state index contributed by atoms with van der Waals surface area (Å²) in [6.07, 6.45) is 3.09. The van der Waals surface area contributed by atoms with Crippen LogP contribution in [-0.2, 0) is 27.9 Å². The highest BCUT2D eigenvalue weighted by molar-refractivity contribution is 7.89. The minimum Gasteiger partial charge on any atom is -0.331 e. The number of benzene rings is 1. The fourth-order valence-corrected chi connectivity index (χ4v) is 4.01. The van der Waals surface area contributed by atoms with E-state index in [4.69, 9.17) is 11.6 Å². The summed E-state index contributed by atoms with van der Waals surface area (Å²) in [5, 5.41) is 0.311. The summed E-state index contributed by atoms with van der Waals surface area (Å²) in [5.41, 5.74) is 1.65. The zero-order valence-electron chi connectivity index (χ0n) is 12.8. The van der Waals surface area contributed by atoms with Crippen LogP contribution in [0.25, 0.3) is 0 Å². The van der Waals surface area contributed by atoms with Crippen LogP contribution in [0.15, 0.2) is 41.7 Å². The minimum atomic E-state index is -3.83. The second-order valence-electron chi connectivity index (χ2n) is 5.49. The van der Waals surface area contributed by atoms with Crippen molar-refractivity contribution in [2.75, 3.05) is 0 Å². The number of carbonyl (C=O) groups is 1. The Balaban J connectivity index is 1.71. The number of fused-ring (bicyclic) bond motifs is 1. The maximum atomic E-state index is 12.5. The summed E-state index contributed by atoms with van der Waals surface area (Å²) < 4.78 is 27.1. The molecule has 0 aliphatic carbocycles. The lowest BCUT2D eigenvalue weighted by Gasteiger charge is -2.21. The Morgan fingerprint density at radius 3 is 2.88 bits per heavy atom. The number of carbonyl (C=O) groups excluding carboxylic acids is 1. The van der Waals surface area contributed by atoms with Crippen LogP contribution in [0, 0.1) is 0 Å². The highest BCUT2D eigenvalue weighted by Gasteiger charge is 2.30. The topological polar surface area (TPSA) is 92.3 Å². The van der Waals surface area contributed by atoms with Gasteiger partial charge in [-0.25, -0.2) is 18.4 Å². The molecule has 0 fully saturated rings. The van der Waals surface area contributed by atoms with Crippen molar-refractivity contribution in [3.8, 4) is 0 Å². The highest BCUT2D eigenvalue weighted by Crippen LogP contribution is 2.21. The predicted octanol–water partition coefficient (Wildman–Crippen LogP) is 1.34. The van der Waals surface area contributed by atoms with Gasteiger partial charge in [-0.05, 0) is 25.1 Å². The van der Waals surface area contributed by atoms with Gasteiger partial charge in [0, 0.05) is 23.3 Å². The van der Waals surface area contributed by atoms with Crippen molar-refractivity contribution in [2.24, 2.45) is 0 Å². The lowest BCUT2D eigenvalue weighted by Crippen LogP contribution is -2.45. The fourth-order valence-electron chi connectivity index (χ4n) is 2.52. The van der Waals surface area contributed by atoms with Gasteiger partial charge in [-0.1, -0.05) is 17.7 Å². The molecule has 0 spiro atoms. The first-order chi connectivity index (χ1) is 11.4. The number of halogens is 1. The molecule has 1 aliphatic rings. The highest BCUT2D eigenvalue weighted by atomic mass is 35.5. The van der Waals surface area contributed by atoms with Gasteiger partial charge in [-0.2, -0.15) is 4.72 Å². The fraction of sp³-hybridized carbons (Fsp3) is 0.267. The largest absolute Gasteiger partial charge is 0.331 e. The average molecular weight is 367 g/mol. The smallest absolute Gasteiger partial charge is 0.241 e. The van der Waals surface area contributed by atoms with Crippen LogP contribution in [0.5, 0.6) is 0 Å². The van der Waals surface area contributed by atoms with Crippen LogP contribution in [0.1, 0.15) is 18.2 Å². The molecular formula is C15H15ClN4O3S. The van der Waals surface area contributed by atoms with E-state index in [1.807, 2.05) is 0 Å². The Hall–Kier alpha value is -2.03. The van der Waals surface area contributed by atoms with Gasteiger partial charge >= 0.3 is 0 Å². The Labute approximate surface area is 144 Å². The minimum absolute atomic E-state index is 0.0187. The first-order valence-corrected chi connectivity index (χ1v) is 9.07. The molecule has 1 aromatic carbocycles. The van der Waals surface area contributed by atoms with E-state index < -0.39 is 16.1 Å². The van der Waals surface area contributed by atoms with Crippen molar-refractivity contribution in [2.45, 2.75) is 31.0 Å². The van der Waals surface area contributed by atoms with Crippen molar-refractivity contribution >= 4 is 27.5 Å². The van der Waals surface area contributed by atoms with E-state index in [0.29, 0.717) is 18.1 Å². The predicted molar refractivity (Wildman–Crippen MR) is 87.5 cm³/mol. The summed E-state index contributed by atoms with van der Waals surface area (Å²) in [6.45, 7) is 2.23. The Morgan fingerprint density at radius 1 is 1.38 bits per heavy atom. The maximum Gasteiger partial charge on any atom is 0.241 e. The van der Waals surface area contributed by atoms with Crippen molar-refractivity contribution in [1.82, 2.24) is 19.6 Å². The summed E-state index contributed by atoms with van der Waals surface area (Å²) in [7, 11) is -3.83. The number of hydrogen-bond acceptors (Lipinski definition) is 5. The monoisotopic (exact) mass is 366 g/mol. The van der Waals surface area contributed by atoms with Gasteiger partial charge in [0.25, 0.3) is 0 Å². The first kappa shape index (κ1) is 16.8. The second-order valence-corrected chi connectivity index (χ2v) is 7.64. The van der Waals surface area contributed by atoms with Gasteiger partial charge in [-0.3, -0.25) is 4.79 Å². The molecule has 7 nitrogen and oxygen atoms in total. The quantitative estimate of drug-likeness (QED) is 0.881. The summed E-state index contributed by atoms with van der Waals surface area (Å²) >= 11 is 5.82. The summed E-state index contributed by atoms with van der Waals surface area (Å²) in [4.78, 5) is 22.1. The van der Waals surface area contributed by atoms with E-state index in [0.717, 1.165) is 11.3 Å². The lowest BCUT2D eigenvalue weighted by atomic mass is 10.3. The molecule has 0 radical (unpaired) electrons. The molecule has 3 rings (SSSR count).